The van der Waals surface area contributed by atoms with Gasteiger partial charge in [-0.3, -0.25) is 9.63 Å². The molecule has 0 aromatic heterocycles. The van der Waals surface area contributed by atoms with Crippen molar-refractivity contribution in [1.82, 2.24) is 5.06 Å². The maximum atomic E-state index is 10.9. The van der Waals surface area contributed by atoms with Crippen LogP contribution in [0.5, 0.6) is 0 Å². The van der Waals surface area contributed by atoms with Gasteiger partial charge in [0, 0.05) is 6.54 Å². The number of amides is 1. The van der Waals surface area contributed by atoms with Crippen molar-refractivity contribution in [1.29, 1.82) is 0 Å². The molecule has 0 saturated carbocycles. The standard InChI is InChI=1S/C16H25NO2/c1-2-3-4-5-6-10-13-17(15-18)19-14-16-11-8-7-9-12-16/h7-9,11-12,15H,2-6,10,13-14H2,1H3. The van der Waals surface area contributed by atoms with E-state index < -0.39 is 0 Å². The van der Waals surface area contributed by atoms with E-state index in [4.69, 9.17) is 4.84 Å². The molecule has 19 heavy (non-hydrogen) atoms. The maximum absolute atomic E-state index is 10.9. The third-order valence-corrected chi connectivity index (χ3v) is 3.09. The highest BCUT2D eigenvalue weighted by Crippen LogP contribution is 2.07. The van der Waals surface area contributed by atoms with Crippen molar-refractivity contribution in [3.05, 3.63) is 35.9 Å². The molecule has 0 saturated heterocycles. The predicted octanol–water partition coefficient (Wildman–Crippen LogP) is 3.94. The van der Waals surface area contributed by atoms with Crippen molar-refractivity contribution < 1.29 is 9.63 Å². The first kappa shape index (κ1) is 15.7. The lowest BCUT2D eigenvalue weighted by Crippen LogP contribution is -2.23. The normalized spacial score (nSPS) is 10.4. The quantitative estimate of drug-likeness (QED) is 0.344. The Kier molecular flexibility index (Phi) is 8.73. The first-order valence-corrected chi connectivity index (χ1v) is 7.25. The Morgan fingerprint density at radius 2 is 1.74 bits per heavy atom. The number of benzene rings is 1. The first-order valence-electron chi connectivity index (χ1n) is 7.25. The SMILES string of the molecule is CCCCCCCCN(C=O)OCc1ccccc1. The minimum atomic E-state index is 0.454. The number of unbranched alkanes of at least 4 members (excludes halogenated alkanes) is 5. The van der Waals surface area contributed by atoms with Crippen LogP contribution >= 0.6 is 0 Å². The molecule has 0 spiro atoms. The molecule has 1 aromatic rings. The molecule has 3 heteroatoms. The molecule has 3 nitrogen and oxygen atoms in total. The van der Waals surface area contributed by atoms with Crippen molar-refractivity contribution >= 4 is 6.41 Å². The summed E-state index contributed by atoms with van der Waals surface area (Å²) in [5, 5.41) is 1.41. The molecular weight excluding hydrogens is 238 g/mol. The van der Waals surface area contributed by atoms with E-state index in [0.29, 0.717) is 13.2 Å². The third-order valence-electron chi connectivity index (χ3n) is 3.09. The molecule has 0 bridgehead atoms. The molecule has 0 radical (unpaired) electrons. The average molecular weight is 263 g/mol. The Labute approximate surface area is 116 Å². The Hall–Kier alpha value is -1.35. The van der Waals surface area contributed by atoms with Crippen LogP contribution in [0.25, 0.3) is 0 Å². The van der Waals surface area contributed by atoms with E-state index in [1.165, 1.54) is 37.2 Å². The summed E-state index contributed by atoms with van der Waals surface area (Å²) in [6, 6.07) is 9.90. The summed E-state index contributed by atoms with van der Waals surface area (Å²) in [5.74, 6) is 0. The molecule has 0 unspecified atom stereocenters. The molecule has 0 aliphatic heterocycles. The van der Waals surface area contributed by atoms with Gasteiger partial charge in [0.2, 0.25) is 6.41 Å². The van der Waals surface area contributed by atoms with Gasteiger partial charge in [-0.25, -0.2) is 5.06 Å². The lowest BCUT2D eigenvalue weighted by molar-refractivity contribution is -0.177. The predicted molar refractivity (Wildman–Crippen MR) is 77.4 cm³/mol. The number of carbonyl (C=O) groups is 1. The van der Waals surface area contributed by atoms with Crippen molar-refractivity contribution in [2.75, 3.05) is 6.54 Å². The van der Waals surface area contributed by atoms with E-state index in [-0.39, 0.29) is 0 Å². The molecule has 0 aliphatic rings. The second-order valence-electron chi connectivity index (χ2n) is 4.77. The molecule has 1 aromatic carbocycles. The highest BCUT2D eigenvalue weighted by atomic mass is 16.7. The van der Waals surface area contributed by atoms with E-state index in [1.54, 1.807) is 0 Å². The molecule has 0 N–H and O–H groups in total. The molecule has 0 heterocycles. The Morgan fingerprint density at radius 1 is 1.05 bits per heavy atom. The van der Waals surface area contributed by atoms with Crippen LogP contribution in [0.4, 0.5) is 0 Å². The van der Waals surface area contributed by atoms with Gasteiger partial charge >= 0.3 is 0 Å². The van der Waals surface area contributed by atoms with Gasteiger partial charge in [-0.2, -0.15) is 0 Å². The number of rotatable bonds is 11. The Morgan fingerprint density at radius 3 is 2.42 bits per heavy atom. The molecule has 0 aliphatic carbocycles. The number of carbonyl (C=O) groups excluding carboxylic acids is 1. The number of hydroxylamine groups is 2. The van der Waals surface area contributed by atoms with Crippen LogP contribution in [0.3, 0.4) is 0 Å². The zero-order valence-corrected chi connectivity index (χ0v) is 11.9. The summed E-state index contributed by atoms with van der Waals surface area (Å²) in [6.07, 6.45) is 8.06. The van der Waals surface area contributed by atoms with Gasteiger partial charge in [0.25, 0.3) is 0 Å². The van der Waals surface area contributed by atoms with E-state index in [0.717, 1.165) is 18.4 Å². The molecule has 0 fully saturated rings. The number of hydrogen-bond acceptors (Lipinski definition) is 2. The maximum Gasteiger partial charge on any atom is 0.233 e. The van der Waals surface area contributed by atoms with E-state index >= 15 is 0 Å². The molecule has 0 atom stereocenters. The van der Waals surface area contributed by atoms with Crippen molar-refractivity contribution in [3.63, 3.8) is 0 Å². The molecule has 1 rings (SSSR count). The van der Waals surface area contributed by atoms with Crippen LogP contribution in [0.15, 0.2) is 30.3 Å². The summed E-state index contributed by atoms with van der Waals surface area (Å²) in [6.45, 7) is 3.35. The zero-order valence-electron chi connectivity index (χ0n) is 11.9. The fourth-order valence-electron chi connectivity index (χ4n) is 1.93. The third kappa shape index (κ3) is 7.62. The van der Waals surface area contributed by atoms with Crippen LogP contribution in [0.2, 0.25) is 0 Å². The molecular formula is C16H25NO2. The van der Waals surface area contributed by atoms with Crippen LogP contribution in [-0.4, -0.2) is 18.0 Å². The highest BCUT2D eigenvalue weighted by molar-refractivity contribution is 5.44. The fourth-order valence-corrected chi connectivity index (χ4v) is 1.93. The van der Waals surface area contributed by atoms with E-state index in [2.05, 4.69) is 6.92 Å². The van der Waals surface area contributed by atoms with Crippen molar-refractivity contribution in [2.45, 2.75) is 52.1 Å². The van der Waals surface area contributed by atoms with Gasteiger partial charge in [-0.15, -0.1) is 0 Å². The first-order chi connectivity index (χ1) is 9.36. The van der Waals surface area contributed by atoms with Gasteiger partial charge in [0.1, 0.15) is 6.61 Å². The zero-order chi connectivity index (χ0) is 13.8. The minimum Gasteiger partial charge on any atom is -0.276 e. The summed E-state index contributed by atoms with van der Waals surface area (Å²) in [5.41, 5.74) is 1.08. The van der Waals surface area contributed by atoms with Crippen molar-refractivity contribution in [3.8, 4) is 0 Å². The summed E-state index contributed by atoms with van der Waals surface area (Å²) >= 11 is 0. The van der Waals surface area contributed by atoms with Crippen LogP contribution < -0.4 is 0 Å². The minimum absolute atomic E-state index is 0.454. The second kappa shape index (κ2) is 10.6. The Balaban J connectivity index is 2.10. The fraction of sp³-hybridized carbons (Fsp3) is 0.562. The topological polar surface area (TPSA) is 29.5 Å². The van der Waals surface area contributed by atoms with Gasteiger partial charge in [0.05, 0.1) is 0 Å². The van der Waals surface area contributed by atoms with Gasteiger partial charge in [-0.1, -0.05) is 69.4 Å². The molecule has 1 amide bonds. The van der Waals surface area contributed by atoms with Crippen molar-refractivity contribution in [2.24, 2.45) is 0 Å². The van der Waals surface area contributed by atoms with E-state index in [1.807, 2.05) is 30.3 Å². The lowest BCUT2D eigenvalue weighted by Gasteiger charge is -2.16. The smallest absolute Gasteiger partial charge is 0.233 e. The average Bonchev–Trinajstić information content (AvgIpc) is 2.47. The second-order valence-corrected chi connectivity index (χ2v) is 4.77. The molecule has 106 valence electrons. The lowest BCUT2D eigenvalue weighted by atomic mass is 10.1. The highest BCUT2D eigenvalue weighted by Gasteiger charge is 2.02. The largest absolute Gasteiger partial charge is 0.276 e. The summed E-state index contributed by atoms with van der Waals surface area (Å²) in [7, 11) is 0. The Bertz CT molecular complexity index is 327. The number of nitrogens with zero attached hydrogens (tertiary/aromatic N) is 1. The van der Waals surface area contributed by atoms with Crippen LogP contribution in [0, 0.1) is 0 Å². The van der Waals surface area contributed by atoms with Crippen LogP contribution in [-0.2, 0) is 16.2 Å². The van der Waals surface area contributed by atoms with Gasteiger partial charge in [-0.05, 0) is 12.0 Å². The van der Waals surface area contributed by atoms with Gasteiger partial charge in [0.15, 0.2) is 0 Å². The monoisotopic (exact) mass is 263 g/mol. The van der Waals surface area contributed by atoms with Crippen LogP contribution in [0.1, 0.15) is 51.0 Å². The number of hydrogen-bond donors (Lipinski definition) is 0. The summed E-state index contributed by atoms with van der Waals surface area (Å²) < 4.78 is 0. The summed E-state index contributed by atoms with van der Waals surface area (Å²) in [4.78, 5) is 16.4. The van der Waals surface area contributed by atoms with Gasteiger partial charge < -0.3 is 0 Å². The van der Waals surface area contributed by atoms with E-state index in [9.17, 15) is 4.79 Å².